The van der Waals surface area contributed by atoms with Crippen LogP contribution in [-0.2, 0) is 9.53 Å². The maximum absolute atomic E-state index is 11.5. The van der Waals surface area contributed by atoms with Gasteiger partial charge in [0.05, 0.1) is 12.7 Å². The molecule has 0 aliphatic carbocycles. The Balaban J connectivity index is 2.53. The quantitative estimate of drug-likeness (QED) is 0.577. The summed E-state index contributed by atoms with van der Waals surface area (Å²) in [4.78, 5) is 13.1. The molecule has 1 aliphatic rings. The van der Waals surface area contributed by atoms with Crippen LogP contribution < -0.4 is 5.32 Å². The van der Waals surface area contributed by atoms with Gasteiger partial charge in [-0.15, -0.1) is 0 Å². The summed E-state index contributed by atoms with van der Waals surface area (Å²) in [5, 5.41) is 3.13. The fourth-order valence-corrected chi connectivity index (χ4v) is 1.29. The molecule has 4 nitrogen and oxygen atoms in total. The first-order chi connectivity index (χ1) is 5.63. The molecule has 70 valence electrons. The Labute approximate surface area is 72.9 Å². The molecule has 0 bridgehead atoms. The molecule has 0 aromatic carbocycles. The van der Waals surface area contributed by atoms with E-state index in [9.17, 15) is 4.79 Å². The Morgan fingerprint density at radius 2 is 2.25 bits per heavy atom. The Kier molecular flexibility index (Phi) is 3.05. The molecular formula is C8H16N2O2. The lowest BCUT2D eigenvalue weighted by Gasteiger charge is -2.30. The first-order valence-corrected chi connectivity index (χ1v) is 4.19. The van der Waals surface area contributed by atoms with Gasteiger partial charge in [0.1, 0.15) is 6.04 Å². The normalized spacial score (nSPS) is 29.9. The van der Waals surface area contributed by atoms with E-state index in [2.05, 4.69) is 5.32 Å². The minimum absolute atomic E-state index is 0.0198. The van der Waals surface area contributed by atoms with E-state index >= 15 is 0 Å². The van der Waals surface area contributed by atoms with Crippen LogP contribution in [-0.4, -0.2) is 50.2 Å². The summed E-state index contributed by atoms with van der Waals surface area (Å²) in [6.07, 6.45) is -0.0198. The summed E-state index contributed by atoms with van der Waals surface area (Å²) in [7, 11) is 3.51. The van der Waals surface area contributed by atoms with Gasteiger partial charge in [0.15, 0.2) is 0 Å². The monoisotopic (exact) mass is 172 g/mol. The van der Waals surface area contributed by atoms with Crippen molar-refractivity contribution >= 4 is 5.91 Å². The number of ether oxygens (including phenoxy) is 1. The highest BCUT2D eigenvalue weighted by molar-refractivity contribution is 5.82. The topological polar surface area (TPSA) is 41.6 Å². The minimum Gasteiger partial charge on any atom is -0.375 e. The molecule has 0 aromatic heterocycles. The van der Waals surface area contributed by atoms with E-state index in [1.165, 1.54) is 0 Å². The highest BCUT2D eigenvalue weighted by Gasteiger charge is 2.28. The zero-order valence-electron chi connectivity index (χ0n) is 7.83. The number of nitrogens with zero attached hydrogens (tertiary/aromatic N) is 1. The molecule has 0 radical (unpaired) electrons. The highest BCUT2D eigenvalue weighted by Crippen LogP contribution is 2.05. The summed E-state index contributed by atoms with van der Waals surface area (Å²) in [6.45, 7) is 3.37. The van der Waals surface area contributed by atoms with Crippen molar-refractivity contribution in [3.05, 3.63) is 0 Å². The second-order valence-electron chi connectivity index (χ2n) is 3.24. The second-order valence-corrected chi connectivity index (χ2v) is 3.24. The lowest BCUT2D eigenvalue weighted by atomic mass is 10.1. The van der Waals surface area contributed by atoms with E-state index in [1.807, 2.05) is 6.92 Å². The molecular weight excluding hydrogens is 156 g/mol. The first-order valence-electron chi connectivity index (χ1n) is 4.19. The third kappa shape index (κ3) is 1.95. The van der Waals surface area contributed by atoms with Gasteiger partial charge in [0, 0.05) is 20.6 Å². The van der Waals surface area contributed by atoms with Crippen molar-refractivity contribution in [3.8, 4) is 0 Å². The van der Waals surface area contributed by atoms with Gasteiger partial charge in [0.25, 0.3) is 0 Å². The number of hydrogen-bond donors (Lipinski definition) is 1. The van der Waals surface area contributed by atoms with E-state index in [4.69, 9.17) is 4.74 Å². The maximum atomic E-state index is 11.5. The van der Waals surface area contributed by atoms with Gasteiger partial charge in [-0.25, -0.2) is 0 Å². The molecule has 2 atom stereocenters. The summed E-state index contributed by atoms with van der Waals surface area (Å²) >= 11 is 0. The molecule has 1 N–H and O–H groups in total. The lowest BCUT2D eigenvalue weighted by Crippen LogP contribution is -2.55. The van der Waals surface area contributed by atoms with Gasteiger partial charge in [-0.3, -0.25) is 4.79 Å². The molecule has 12 heavy (non-hydrogen) atoms. The predicted molar refractivity (Wildman–Crippen MR) is 45.9 cm³/mol. The largest absolute Gasteiger partial charge is 0.375 e. The number of hydrogen-bond acceptors (Lipinski definition) is 3. The molecule has 1 amide bonds. The molecule has 1 fully saturated rings. The third-order valence-electron chi connectivity index (χ3n) is 2.02. The Morgan fingerprint density at radius 1 is 1.58 bits per heavy atom. The molecule has 4 heteroatoms. The number of nitrogens with one attached hydrogen (secondary N) is 1. The second kappa shape index (κ2) is 3.87. The van der Waals surface area contributed by atoms with Crippen LogP contribution in [0.1, 0.15) is 6.92 Å². The van der Waals surface area contributed by atoms with E-state index in [1.54, 1.807) is 19.0 Å². The molecule has 0 spiro atoms. The van der Waals surface area contributed by atoms with Gasteiger partial charge in [-0.05, 0) is 6.92 Å². The van der Waals surface area contributed by atoms with Crippen LogP contribution in [0.5, 0.6) is 0 Å². The van der Waals surface area contributed by atoms with E-state index < -0.39 is 0 Å². The Bertz CT molecular complexity index is 170. The van der Waals surface area contributed by atoms with Crippen molar-refractivity contribution < 1.29 is 9.53 Å². The standard InChI is InChI=1S/C8H16N2O2/c1-6-7(8(11)10(2)3)9-4-5-12-6/h6-7,9H,4-5H2,1-3H3/t6-,7+/m1/s1. The number of likely N-dealkylation sites (N-methyl/N-ethyl adjacent to an activating group) is 1. The van der Waals surface area contributed by atoms with Crippen molar-refractivity contribution in [2.75, 3.05) is 27.2 Å². The van der Waals surface area contributed by atoms with Crippen LogP contribution in [0.4, 0.5) is 0 Å². The molecule has 1 saturated heterocycles. The Hall–Kier alpha value is -0.610. The van der Waals surface area contributed by atoms with Crippen molar-refractivity contribution in [2.24, 2.45) is 0 Å². The van der Waals surface area contributed by atoms with Crippen molar-refractivity contribution in [1.29, 1.82) is 0 Å². The van der Waals surface area contributed by atoms with Crippen molar-refractivity contribution in [3.63, 3.8) is 0 Å². The van der Waals surface area contributed by atoms with Crippen LogP contribution >= 0.6 is 0 Å². The van der Waals surface area contributed by atoms with Crippen LogP contribution in [0.3, 0.4) is 0 Å². The third-order valence-corrected chi connectivity index (χ3v) is 2.02. The molecule has 0 unspecified atom stereocenters. The van der Waals surface area contributed by atoms with E-state index in [-0.39, 0.29) is 18.1 Å². The van der Waals surface area contributed by atoms with Gasteiger partial charge >= 0.3 is 0 Å². The average molecular weight is 172 g/mol. The van der Waals surface area contributed by atoms with Gasteiger partial charge in [-0.1, -0.05) is 0 Å². The molecule has 1 aliphatic heterocycles. The summed E-state index contributed by atoms with van der Waals surface area (Å²) in [5.74, 6) is 0.0854. The summed E-state index contributed by atoms with van der Waals surface area (Å²) in [6, 6.07) is -0.172. The van der Waals surface area contributed by atoms with Crippen LogP contribution in [0, 0.1) is 0 Å². The Morgan fingerprint density at radius 3 is 2.75 bits per heavy atom. The van der Waals surface area contributed by atoms with Gasteiger partial charge < -0.3 is 15.0 Å². The number of carbonyl (C=O) groups excluding carboxylic acids is 1. The first kappa shape index (κ1) is 9.48. The van der Waals surface area contributed by atoms with E-state index in [0.29, 0.717) is 6.61 Å². The minimum atomic E-state index is -0.172. The van der Waals surface area contributed by atoms with E-state index in [0.717, 1.165) is 6.54 Å². The molecule has 0 saturated carbocycles. The smallest absolute Gasteiger partial charge is 0.241 e. The number of rotatable bonds is 1. The summed E-state index contributed by atoms with van der Waals surface area (Å²) < 4.78 is 5.35. The average Bonchev–Trinajstić information content (AvgIpc) is 2.04. The van der Waals surface area contributed by atoms with Gasteiger partial charge in [0.2, 0.25) is 5.91 Å². The van der Waals surface area contributed by atoms with Crippen molar-refractivity contribution in [1.82, 2.24) is 10.2 Å². The van der Waals surface area contributed by atoms with Gasteiger partial charge in [-0.2, -0.15) is 0 Å². The predicted octanol–water partition coefficient (Wildman–Crippen LogP) is -0.548. The number of carbonyl (C=O) groups is 1. The molecule has 1 heterocycles. The van der Waals surface area contributed by atoms with Crippen LogP contribution in [0.25, 0.3) is 0 Å². The SMILES string of the molecule is C[C@H]1OCCN[C@@H]1C(=O)N(C)C. The molecule has 1 rings (SSSR count). The lowest BCUT2D eigenvalue weighted by molar-refractivity contribution is -0.136. The fourth-order valence-electron chi connectivity index (χ4n) is 1.29. The fraction of sp³-hybridized carbons (Fsp3) is 0.875. The highest BCUT2D eigenvalue weighted by atomic mass is 16.5. The van der Waals surface area contributed by atoms with Crippen LogP contribution in [0.15, 0.2) is 0 Å². The zero-order chi connectivity index (χ0) is 9.14. The summed E-state index contributed by atoms with van der Waals surface area (Å²) in [5.41, 5.74) is 0. The molecule has 0 aromatic rings. The number of amides is 1. The number of morpholine rings is 1. The van der Waals surface area contributed by atoms with Crippen LogP contribution in [0.2, 0.25) is 0 Å². The maximum Gasteiger partial charge on any atom is 0.241 e. The zero-order valence-corrected chi connectivity index (χ0v) is 7.83. The van der Waals surface area contributed by atoms with Crippen molar-refractivity contribution in [2.45, 2.75) is 19.1 Å².